The van der Waals surface area contributed by atoms with Gasteiger partial charge in [-0.05, 0) is 49.9 Å². The van der Waals surface area contributed by atoms with Crippen LogP contribution in [0.2, 0.25) is 0 Å². The number of hydrogen-bond acceptors (Lipinski definition) is 4. The van der Waals surface area contributed by atoms with Gasteiger partial charge in [0.15, 0.2) is 0 Å². The van der Waals surface area contributed by atoms with Crippen molar-refractivity contribution in [2.45, 2.75) is 75.5 Å². The standard InChI is InChI=1S/C21H32F2N2O2/c1-20(22,23)27-18-9-5-7-16(13-18)19(21(26)10-3-2-4-11-21)15-25-12-6-8-17(24)14-25/h5,7,9,13,17,19,26H,2-4,6,8,10-12,14-15,24H2,1H3/t17-,19?/m0/s1. The molecule has 1 aliphatic carbocycles. The number of hydrogen-bond donors (Lipinski definition) is 2. The van der Waals surface area contributed by atoms with Crippen LogP contribution in [0.3, 0.4) is 0 Å². The van der Waals surface area contributed by atoms with Crippen molar-refractivity contribution >= 4 is 0 Å². The van der Waals surface area contributed by atoms with Crippen molar-refractivity contribution in [3.63, 3.8) is 0 Å². The molecular weight excluding hydrogens is 350 g/mol. The first-order valence-corrected chi connectivity index (χ1v) is 10.1. The molecule has 1 aromatic rings. The molecule has 1 saturated carbocycles. The molecule has 0 amide bonds. The van der Waals surface area contributed by atoms with Crippen LogP contribution in [0.4, 0.5) is 8.78 Å². The highest BCUT2D eigenvalue weighted by molar-refractivity contribution is 5.33. The summed E-state index contributed by atoms with van der Waals surface area (Å²) < 4.78 is 31.4. The topological polar surface area (TPSA) is 58.7 Å². The number of halogens is 2. The zero-order chi connectivity index (χ0) is 19.5. The van der Waals surface area contributed by atoms with Gasteiger partial charge in [-0.15, -0.1) is 0 Å². The Morgan fingerprint density at radius 3 is 2.70 bits per heavy atom. The van der Waals surface area contributed by atoms with Crippen LogP contribution in [0.1, 0.15) is 63.4 Å². The van der Waals surface area contributed by atoms with Crippen LogP contribution < -0.4 is 10.5 Å². The maximum Gasteiger partial charge on any atom is 0.394 e. The fraction of sp³-hybridized carbons (Fsp3) is 0.714. The number of likely N-dealkylation sites (tertiary alicyclic amines) is 1. The molecular formula is C21H32F2N2O2. The van der Waals surface area contributed by atoms with Crippen molar-refractivity contribution in [3.8, 4) is 5.75 Å². The maximum absolute atomic E-state index is 13.3. The molecule has 0 radical (unpaired) electrons. The number of piperidine rings is 1. The maximum atomic E-state index is 13.3. The number of benzene rings is 1. The van der Waals surface area contributed by atoms with Crippen LogP contribution in [0, 0.1) is 0 Å². The zero-order valence-corrected chi connectivity index (χ0v) is 16.2. The van der Waals surface area contributed by atoms with E-state index >= 15 is 0 Å². The van der Waals surface area contributed by atoms with E-state index in [4.69, 9.17) is 10.5 Å². The molecule has 2 atom stereocenters. The SMILES string of the molecule is CC(F)(F)Oc1cccc(C(CN2CCC[C@H](N)C2)C2(O)CCCCC2)c1. The second-order valence-electron chi connectivity index (χ2n) is 8.36. The normalized spacial score (nSPS) is 25.1. The number of ether oxygens (including phenoxy) is 1. The lowest BCUT2D eigenvalue weighted by Crippen LogP contribution is -2.49. The smallest absolute Gasteiger partial charge is 0.394 e. The molecule has 0 aromatic heterocycles. The van der Waals surface area contributed by atoms with Gasteiger partial charge >= 0.3 is 6.11 Å². The van der Waals surface area contributed by atoms with Crippen LogP contribution >= 0.6 is 0 Å². The van der Waals surface area contributed by atoms with Crippen molar-refractivity contribution in [1.29, 1.82) is 0 Å². The van der Waals surface area contributed by atoms with E-state index in [2.05, 4.69) is 4.90 Å². The molecule has 3 rings (SSSR count). The predicted octanol–water partition coefficient (Wildman–Crippen LogP) is 3.88. The minimum atomic E-state index is -3.23. The van der Waals surface area contributed by atoms with E-state index in [1.165, 1.54) is 0 Å². The average molecular weight is 382 g/mol. The largest absolute Gasteiger partial charge is 0.433 e. The lowest BCUT2D eigenvalue weighted by molar-refractivity contribution is -0.159. The number of rotatable bonds is 6. The summed E-state index contributed by atoms with van der Waals surface area (Å²) in [6, 6.07) is 7.02. The fourth-order valence-electron chi connectivity index (χ4n) is 4.62. The van der Waals surface area contributed by atoms with Gasteiger partial charge in [0.2, 0.25) is 0 Å². The Hall–Kier alpha value is -1.24. The Morgan fingerprint density at radius 1 is 1.30 bits per heavy atom. The van der Waals surface area contributed by atoms with Gasteiger partial charge in [0.25, 0.3) is 0 Å². The summed E-state index contributed by atoms with van der Waals surface area (Å²) in [5, 5.41) is 11.5. The van der Waals surface area contributed by atoms with Crippen LogP contribution in [0.15, 0.2) is 24.3 Å². The van der Waals surface area contributed by atoms with Crippen molar-refractivity contribution in [2.24, 2.45) is 5.73 Å². The zero-order valence-electron chi connectivity index (χ0n) is 16.2. The van der Waals surface area contributed by atoms with Gasteiger partial charge in [0.05, 0.1) is 5.60 Å². The number of nitrogens with zero attached hydrogens (tertiary/aromatic N) is 1. The van der Waals surface area contributed by atoms with Gasteiger partial charge in [0.1, 0.15) is 5.75 Å². The van der Waals surface area contributed by atoms with E-state index in [1.54, 1.807) is 18.2 Å². The second-order valence-corrected chi connectivity index (χ2v) is 8.36. The highest BCUT2D eigenvalue weighted by Crippen LogP contribution is 2.41. The molecule has 0 spiro atoms. The van der Waals surface area contributed by atoms with Crippen LogP contribution in [-0.2, 0) is 0 Å². The monoisotopic (exact) mass is 382 g/mol. The Labute approximate surface area is 160 Å². The third-order valence-electron chi connectivity index (χ3n) is 5.91. The fourth-order valence-corrected chi connectivity index (χ4v) is 4.62. The number of aliphatic hydroxyl groups is 1. The summed E-state index contributed by atoms with van der Waals surface area (Å²) >= 11 is 0. The quantitative estimate of drug-likeness (QED) is 0.784. The second kappa shape index (κ2) is 8.41. The Bertz CT molecular complexity index is 614. The third kappa shape index (κ3) is 5.62. The molecule has 1 unspecified atom stereocenters. The summed E-state index contributed by atoms with van der Waals surface area (Å²) in [5.74, 6) is -0.00289. The molecule has 0 bridgehead atoms. The molecule has 1 aliphatic heterocycles. The van der Waals surface area contributed by atoms with E-state index in [9.17, 15) is 13.9 Å². The van der Waals surface area contributed by atoms with E-state index in [0.717, 1.165) is 70.5 Å². The third-order valence-corrected chi connectivity index (χ3v) is 5.91. The molecule has 152 valence electrons. The highest BCUT2D eigenvalue weighted by atomic mass is 19.3. The van der Waals surface area contributed by atoms with Gasteiger partial charge in [-0.25, -0.2) is 0 Å². The average Bonchev–Trinajstić information content (AvgIpc) is 2.59. The molecule has 1 aromatic carbocycles. The lowest BCUT2D eigenvalue weighted by atomic mass is 9.72. The lowest BCUT2D eigenvalue weighted by Gasteiger charge is -2.43. The van der Waals surface area contributed by atoms with Crippen molar-refractivity contribution in [1.82, 2.24) is 4.90 Å². The van der Waals surface area contributed by atoms with E-state index < -0.39 is 11.7 Å². The van der Waals surface area contributed by atoms with Gasteiger partial charge in [0, 0.05) is 32.0 Å². The minimum absolute atomic E-state index is 0.139. The highest BCUT2D eigenvalue weighted by Gasteiger charge is 2.40. The first-order valence-electron chi connectivity index (χ1n) is 10.1. The van der Waals surface area contributed by atoms with Gasteiger partial charge in [-0.3, -0.25) is 0 Å². The molecule has 27 heavy (non-hydrogen) atoms. The van der Waals surface area contributed by atoms with Crippen LogP contribution in [-0.4, -0.2) is 47.4 Å². The molecule has 2 aliphatic rings. The first kappa shape index (κ1) is 20.5. The molecule has 6 heteroatoms. The Morgan fingerprint density at radius 2 is 2.04 bits per heavy atom. The van der Waals surface area contributed by atoms with Crippen LogP contribution in [0.25, 0.3) is 0 Å². The van der Waals surface area contributed by atoms with Crippen molar-refractivity contribution in [3.05, 3.63) is 29.8 Å². The van der Waals surface area contributed by atoms with Crippen LogP contribution in [0.5, 0.6) is 5.75 Å². The molecule has 4 nitrogen and oxygen atoms in total. The molecule has 2 fully saturated rings. The Kier molecular flexibility index (Phi) is 6.39. The summed E-state index contributed by atoms with van der Waals surface area (Å²) in [6.07, 6.45) is 3.47. The first-order chi connectivity index (χ1) is 12.8. The van der Waals surface area contributed by atoms with Gasteiger partial charge in [-0.2, -0.15) is 8.78 Å². The summed E-state index contributed by atoms with van der Waals surface area (Å²) in [4.78, 5) is 2.31. The minimum Gasteiger partial charge on any atom is -0.433 e. The van der Waals surface area contributed by atoms with E-state index in [1.807, 2.05) is 6.07 Å². The number of nitrogens with two attached hydrogens (primary N) is 1. The van der Waals surface area contributed by atoms with E-state index in [-0.39, 0.29) is 17.7 Å². The van der Waals surface area contributed by atoms with Gasteiger partial charge in [-0.1, -0.05) is 31.4 Å². The summed E-state index contributed by atoms with van der Waals surface area (Å²) in [6.45, 7) is 3.20. The molecule has 1 heterocycles. The van der Waals surface area contributed by atoms with Gasteiger partial charge < -0.3 is 20.5 Å². The number of alkyl halides is 2. The summed E-state index contributed by atoms with van der Waals surface area (Å²) in [7, 11) is 0. The summed E-state index contributed by atoms with van der Waals surface area (Å²) in [5.41, 5.74) is 6.19. The van der Waals surface area contributed by atoms with Crippen molar-refractivity contribution < 1.29 is 18.6 Å². The predicted molar refractivity (Wildman–Crippen MR) is 102 cm³/mol. The molecule has 1 saturated heterocycles. The van der Waals surface area contributed by atoms with Crippen molar-refractivity contribution in [2.75, 3.05) is 19.6 Å². The van der Waals surface area contributed by atoms with E-state index in [0.29, 0.717) is 6.54 Å². The molecule has 3 N–H and O–H groups in total. The Balaban J connectivity index is 1.86.